The highest BCUT2D eigenvalue weighted by molar-refractivity contribution is 5.95. The Morgan fingerprint density at radius 3 is 2.60 bits per heavy atom. The van der Waals surface area contributed by atoms with Crippen LogP contribution in [0, 0.1) is 11.7 Å². The number of hydrogen-bond donors (Lipinski definition) is 4. The second kappa shape index (κ2) is 11.6. The molecule has 0 unspecified atom stereocenters. The summed E-state index contributed by atoms with van der Waals surface area (Å²) in [6.07, 6.45) is 9.35. The summed E-state index contributed by atoms with van der Waals surface area (Å²) in [4.78, 5) is 39.4. The lowest BCUT2D eigenvalue weighted by Gasteiger charge is -2.36. The van der Waals surface area contributed by atoms with E-state index in [4.69, 9.17) is 0 Å². The fourth-order valence-corrected chi connectivity index (χ4v) is 6.00. The SMILES string of the molecule is CN1CCC(O)(c2ccc(Nc3cc(-c4ccc(NC(=O)C5CCCCC5)cc4F)nc4cc[nH]c(=O)c34)nc2)CC1. The van der Waals surface area contributed by atoms with E-state index in [-0.39, 0.29) is 22.9 Å². The maximum Gasteiger partial charge on any atom is 0.259 e. The number of aliphatic hydroxyl groups is 1. The fourth-order valence-electron chi connectivity index (χ4n) is 6.00. The van der Waals surface area contributed by atoms with Crippen molar-refractivity contribution in [1.82, 2.24) is 19.9 Å². The molecule has 1 saturated carbocycles. The van der Waals surface area contributed by atoms with Gasteiger partial charge in [-0.2, -0.15) is 0 Å². The normalized spacial score (nSPS) is 17.7. The average molecular weight is 571 g/mol. The van der Waals surface area contributed by atoms with Gasteiger partial charge in [0, 0.05) is 48.2 Å². The zero-order valence-corrected chi connectivity index (χ0v) is 23.6. The summed E-state index contributed by atoms with van der Waals surface area (Å²) in [5, 5.41) is 17.5. The third-order valence-electron chi connectivity index (χ3n) is 8.60. The van der Waals surface area contributed by atoms with Crippen LogP contribution in [0.5, 0.6) is 0 Å². The molecule has 1 aliphatic heterocycles. The number of piperidine rings is 1. The molecule has 6 rings (SSSR count). The second-order valence-electron chi connectivity index (χ2n) is 11.5. The van der Waals surface area contributed by atoms with Gasteiger partial charge in [-0.25, -0.2) is 14.4 Å². The molecule has 1 aliphatic carbocycles. The number of pyridine rings is 3. The van der Waals surface area contributed by atoms with E-state index in [1.807, 2.05) is 13.1 Å². The number of aromatic nitrogens is 3. The summed E-state index contributed by atoms with van der Waals surface area (Å²) < 4.78 is 15.4. The maximum absolute atomic E-state index is 15.4. The lowest BCUT2D eigenvalue weighted by molar-refractivity contribution is -0.120. The molecule has 1 aromatic carbocycles. The van der Waals surface area contributed by atoms with E-state index in [1.54, 1.807) is 36.5 Å². The first-order valence-corrected chi connectivity index (χ1v) is 14.6. The minimum atomic E-state index is -0.925. The largest absolute Gasteiger partial charge is 0.385 e. The molecule has 4 N–H and O–H groups in total. The lowest BCUT2D eigenvalue weighted by atomic mass is 9.85. The number of benzene rings is 1. The van der Waals surface area contributed by atoms with Gasteiger partial charge in [0.05, 0.1) is 27.9 Å². The molecule has 42 heavy (non-hydrogen) atoms. The summed E-state index contributed by atoms with van der Waals surface area (Å²) in [5.41, 5.74) is 1.27. The van der Waals surface area contributed by atoms with Crippen molar-refractivity contribution in [2.24, 2.45) is 5.92 Å². The second-order valence-corrected chi connectivity index (χ2v) is 11.5. The Labute approximate surface area is 243 Å². The number of fused-ring (bicyclic) bond motifs is 1. The number of amides is 1. The monoisotopic (exact) mass is 570 g/mol. The Bertz CT molecular complexity index is 1660. The van der Waals surface area contributed by atoms with Crippen LogP contribution in [0.15, 0.2) is 59.7 Å². The number of carbonyl (C=O) groups excluding carboxylic acids is 1. The number of rotatable bonds is 6. The highest BCUT2D eigenvalue weighted by atomic mass is 19.1. The van der Waals surface area contributed by atoms with Crippen LogP contribution in [0.25, 0.3) is 22.2 Å². The minimum absolute atomic E-state index is 0.0367. The highest BCUT2D eigenvalue weighted by Gasteiger charge is 2.33. The van der Waals surface area contributed by atoms with Crippen LogP contribution >= 0.6 is 0 Å². The Balaban J connectivity index is 1.28. The van der Waals surface area contributed by atoms with Gasteiger partial charge in [-0.3, -0.25) is 9.59 Å². The molecule has 1 amide bonds. The summed E-state index contributed by atoms with van der Waals surface area (Å²) in [5.74, 6) is -0.172. The van der Waals surface area contributed by atoms with Gasteiger partial charge in [0.2, 0.25) is 5.91 Å². The zero-order chi connectivity index (χ0) is 29.3. The van der Waals surface area contributed by atoms with E-state index in [0.717, 1.165) is 50.8 Å². The number of H-pyrrole nitrogens is 1. The molecule has 1 saturated heterocycles. The topological polar surface area (TPSA) is 123 Å². The number of nitrogens with zero attached hydrogens (tertiary/aromatic N) is 3. The van der Waals surface area contributed by atoms with Crippen LogP contribution in [0.1, 0.15) is 50.5 Å². The third kappa shape index (κ3) is 5.77. The van der Waals surface area contributed by atoms with Crippen LogP contribution in [0.4, 0.5) is 21.6 Å². The van der Waals surface area contributed by atoms with E-state index >= 15 is 4.39 Å². The van der Waals surface area contributed by atoms with Crippen molar-refractivity contribution in [2.75, 3.05) is 30.8 Å². The van der Waals surface area contributed by atoms with Crippen LogP contribution in [-0.4, -0.2) is 51.0 Å². The first-order valence-electron chi connectivity index (χ1n) is 14.6. The summed E-state index contributed by atoms with van der Waals surface area (Å²) >= 11 is 0. The molecule has 2 aliphatic rings. The molecule has 0 atom stereocenters. The molecule has 4 aromatic rings. The van der Waals surface area contributed by atoms with E-state index in [0.29, 0.717) is 46.6 Å². The van der Waals surface area contributed by atoms with Crippen molar-refractivity contribution in [2.45, 2.75) is 50.5 Å². The van der Waals surface area contributed by atoms with Crippen molar-refractivity contribution in [1.29, 1.82) is 0 Å². The first kappa shape index (κ1) is 28.0. The maximum atomic E-state index is 15.4. The van der Waals surface area contributed by atoms with Gasteiger partial charge in [-0.15, -0.1) is 0 Å². The number of carbonyl (C=O) groups is 1. The number of hydrogen-bond acceptors (Lipinski definition) is 7. The predicted molar refractivity (Wildman–Crippen MR) is 161 cm³/mol. The third-order valence-corrected chi connectivity index (χ3v) is 8.60. The van der Waals surface area contributed by atoms with Crippen LogP contribution < -0.4 is 16.2 Å². The van der Waals surface area contributed by atoms with E-state index in [1.165, 1.54) is 12.3 Å². The van der Waals surface area contributed by atoms with Gasteiger partial charge >= 0.3 is 0 Å². The van der Waals surface area contributed by atoms with Crippen LogP contribution in [-0.2, 0) is 10.4 Å². The Kier molecular flexibility index (Phi) is 7.74. The number of anilines is 3. The summed E-state index contributed by atoms with van der Waals surface area (Å²) in [7, 11) is 2.04. The van der Waals surface area contributed by atoms with Crippen molar-refractivity contribution >= 4 is 34.0 Å². The van der Waals surface area contributed by atoms with Gasteiger partial charge in [0.25, 0.3) is 5.56 Å². The van der Waals surface area contributed by atoms with Crippen molar-refractivity contribution in [3.8, 4) is 11.3 Å². The molecule has 0 radical (unpaired) electrons. The van der Waals surface area contributed by atoms with Crippen molar-refractivity contribution < 1.29 is 14.3 Å². The number of likely N-dealkylation sites (tertiary alicyclic amines) is 1. The van der Waals surface area contributed by atoms with Gasteiger partial charge in [-0.1, -0.05) is 25.3 Å². The highest BCUT2D eigenvalue weighted by Crippen LogP contribution is 2.34. The Morgan fingerprint density at radius 1 is 1.10 bits per heavy atom. The first-order chi connectivity index (χ1) is 20.3. The number of halogens is 1. The summed E-state index contributed by atoms with van der Waals surface area (Å²) in [6, 6.07) is 11.5. The molecule has 9 nitrogen and oxygen atoms in total. The quantitative estimate of drug-likeness (QED) is 0.248. The molecule has 0 bridgehead atoms. The van der Waals surface area contributed by atoms with E-state index < -0.39 is 11.4 Å². The number of nitrogens with one attached hydrogen (secondary N) is 3. The fraction of sp³-hybridized carbons (Fsp3) is 0.375. The minimum Gasteiger partial charge on any atom is -0.385 e. The molecule has 2 fully saturated rings. The van der Waals surface area contributed by atoms with Gasteiger partial charge in [-0.05, 0) is 69.1 Å². The number of aromatic amines is 1. The van der Waals surface area contributed by atoms with Crippen LogP contribution in [0.2, 0.25) is 0 Å². The Hall–Kier alpha value is -4.15. The van der Waals surface area contributed by atoms with Crippen molar-refractivity contribution in [3.05, 3.63) is 76.6 Å². The van der Waals surface area contributed by atoms with Gasteiger partial charge in [0.15, 0.2) is 0 Å². The summed E-state index contributed by atoms with van der Waals surface area (Å²) in [6.45, 7) is 1.60. The zero-order valence-electron chi connectivity index (χ0n) is 23.6. The lowest BCUT2D eigenvalue weighted by Crippen LogP contribution is -2.40. The Morgan fingerprint density at radius 2 is 1.88 bits per heavy atom. The van der Waals surface area contributed by atoms with Crippen molar-refractivity contribution in [3.63, 3.8) is 0 Å². The molecule has 0 spiro atoms. The standard InChI is InChI=1S/C32H35FN6O3/c1-39-15-12-32(42,13-16-39)21-7-10-28(35-19-21)38-27-18-26(37-25-11-14-34-31(41)29(25)27)23-9-8-22(17-24(23)33)36-30(40)20-5-3-2-4-6-20/h7-11,14,17-20,42H,2-6,12-13,15-16H2,1H3,(H,34,41)(H,36,40)(H,35,37,38). The van der Waals surface area contributed by atoms with Crippen LogP contribution in [0.3, 0.4) is 0 Å². The van der Waals surface area contributed by atoms with E-state index in [9.17, 15) is 14.7 Å². The molecular formula is C32H35FN6O3. The smallest absolute Gasteiger partial charge is 0.259 e. The molecule has 10 heteroatoms. The predicted octanol–water partition coefficient (Wildman–Crippen LogP) is 5.30. The molecular weight excluding hydrogens is 535 g/mol. The molecule has 4 heterocycles. The average Bonchev–Trinajstić information content (AvgIpc) is 2.99. The van der Waals surface area contributed by atoms with Gasteiger partial charge in [0.1, 0.15) is 11.6 Å². The van der Waals surface area contributed by atoms with Gasteiger partial charge < -0.3 is 25.6 Å². The van der Waals surface area contributed by atoms with E-state index in [2.05, 4.69) is 30.5 Å². The molecule has 218 valence electrons. The molecule has 3 aromatic heterocycles.